The first-order valence-corrected chi connectivity index (χ1v) is 3.56. The first kappa shape index (κ1) is 5.55. The van der Waals surface area contributed by atoms with Gasteiger partial charge in [0.2, 0.25) is 5.95 Å². The van der Waals surface area contributed by atoms with Crippen molar-refractivity contribution in [3.05, 3.63) is 11.7 Å². The Balaban J connectivity index is 2.86. The van der Waals surface area contributed by atoms with E-state index in [2.05, 4.69) is 15.0 Å². The molecule has 0 aliphatic carbocycles. The number of nitrogens with zero attached hydrogens (tertiary/aromatic N) is 3. The monoisotopic (exact) mass is 152 g/mol. The molecule has 0 fully saturated rings. The van der Waals surface area contributed by atoms with E-state index in [1.807, 2.05) is 0 Å². The summed E-state index contributed by atoms with van der Waals surface area (Å²) in [7, 11) is 0. The number of nitrogen functional groups attached to an aromatic ring is 1. The standard InChI is InChI=1S/C5H4N4S/c6-5-7-1-3-4(9-5)10-2-8-3/h1-2H,(H2,6,7,9). The van der Waals surface area contributed by atoms with Crippen molar-refractivity contribution in [1.82, 2.24) is 15.0 Å². The molecule has 0 saturated carbocycles. The van der Waals surface area contributed by atoms with E-state index in [0.29, 0.717) is 5.95 Å². The van der Waals surface area contributed by atoms with Gasteiger partial charge in [-0.05, 0) is 0 Å². The summed E-state index contributed by atoms with van der Waals surface area (Å²) >= 11 is 1.46. The predicted octanol–water partition coefficient (Wildman–Crippen LogP) is 0.668. The third-order valence-corrected chi connectivity index (χ3v) is 1.84. The normalized spacial score (nSPS) is 10.4. The Labute approximate surface area is 60.8 Å². The van der Waals surface area contributed by atoms with E-state index < -0.39 is 0 Å². The number of fused-ring (bicyclic) bond motifs is 1. The Kier molecular flexibility index (Phi) is 1.04. The van der Waals surface area contributed by atoms with Crippen LogP contribution in [-0.2, 0) is 0 Å². The summed E-state index contributed by atoms with van der Waals surface area (Å²) < 4.78 is 0. The molecule has 50 valence electrons. The maximum absolute atomic E-state index is 5.34. The Morgan fingerprint density at radius 1 is 1.40 bits per heavy atom. The van der Waals surface area contributed by atoms with Crippen LogP contribution in [0.4, 0.5) is 5.95 Å². The van der Waals surface area contributed by atoms with Gasteiger partial charge in [-0.3, -0.25) is 0 Å². The zero-order chi connectivity index (χ0) is 6.97. The second-order valence-corrected chi connectivity index (χ2v) is 2.60. The molecule has 2 aromatic heterocycles. The number of nitrogens with two attached hydrogens (primary N) is 1. The average Bonchev–Trinajstić information content (AvgIpc) is 2.33. The number of hydrogen-bond acceptors (Lipinski definition) is 5. The van der Waals surface area contributed by atoms with Crippen molar-refractivity contribution in [2.75, 3.05) is 5.73 Å². The Hall–Kier alpha value is -1.23. The molecular weight excluding hydrogens is 148 g/mol. The summed E-state index contributed by atoms with van der Waals surface area (Å²) in [6.07, 6.45) is 1.62. The van der Waals surface area contributed by atoms with Crippen LogP contribution in [0.3, 0.4) is 0 Å². The summed E-state index contributed by atoms with van der Waals surface area (Å²) in [5.41, 5.74) is 7.87. The molecule has 5 heteroatoms. The molecular formula is C5H4N4S. The van der Waals surface area contributed by atoms with Crippen molar-refractivity contribution >= 4 is 27.6 Å². The van der Waals surface area contributed by atoms with Crippen LogP contribution >= 0.6 is 11.3 Å². The summed E-state index contributed by atoms with van der Waals surface area (Å²) in [5.74, 6) is 0.303. The maximum atomic E-state index is 5.34. The fraction of sp³-hybridized carbons (Fsp3) is 0. The van der Waals surface area contributed by atoms with Crippen LogP contribution in [0.15, 0.2) is 11.7 Å². The highest BCUT2D eigenvalue weighted by Gasteiger charge is 1.96. The molecule has 0 bridgehead atoms. The average molecular weight is 152 g/mol. The van der Waals surface area contributed by atoms with Gasteiger partial charge in [0.15, 0.2) is 0 Å². The van der Waals surface area contributed by atoms with Gasteiger partial charge in [0.05, 0.1) is 11.7 Å². The molecule has 0 aliphatic heterocycles. The summed E-state index contributed by atoms with van der Waals surface area (Å²) in [5, 5.41) is 0. The smallest absolute Gasteiger partial charge is 0.221 e. The number of hydrogen-bond donors (Lipinski definition) is 1. The van der Waals surface area contributed by atoms with Gasteiger partial charge >= 0.3 is 0 Å². The maximum Gasteiger partial charge on any atom is 0.221 e. The molecule has 0 spiro atoms. The van der Waals surface area contributed by atoms with E-state index in [9.17, 15) is 0 Å². The molecule has 10 heavy (non-hydrogen) atoms. The lowest BCUT2D eigenvalue weighted by atomic mass is 10.6. The van der Waals surface area contributed by atoms with E-state index in [1.54, 1.807) is 11.7 Å². The van der Waals surface area contributed by atoms with Crippen LogP contribution in [-0.4, -0.2) is 15.0 Å². The van der Waals surface area contributed by atoms with Crippen molar-refractivity contribution in [3.63, 3.8) is 0 Å². The molecule has 0 aliphatic rings. The van der Waals surface area contributed by atoms with Crippen molar-refractivity contribution < 1.29 is 0 Å². The summed E-state index contributed by atoms with van der Waals surface area (Å²) in [6.45, 7) is 0. The zero-order valence-corrected chi connectivity index (χ0v) is 5.80. The van der Waals surface area contributed by atoms with Gasteiger partial charge in [0.25, 0.3) is 0 Å². The minimum atomic E-state index is 0.303. The largest absolute Gasteiger partial charge is 0.368 e. The third kappa shape index (κ3) is 0.714. The Morgan fingerprint density at radius 3 is 3.20 bits per heavy atom. The lowest BCUT2D eigenvalue weighted by Crippen LogP contribution is -1.92. The van der Waals surface area contributed by atoms with Crippen molar-refractivity contribution in [3.8, 4) is 0 Å². The molecule has 0 saturated heterocycles. The minimum Gasteiger partial charge on any atom is -0.368 e. The van der Waals surface area contributed by atoms with Crippen LogP contribution in [0.2, 0.25) is 0 Å². The van der Waals surface area contributed by atoms with Crippen LogP contribution in [0.25, 0.3) is 10.3 Å². The predicted molar refractivity (Wildman–Crippen MR) is 39.6 cm³/mol. The van der Waals surface area contributed by atoms with Gasteiger partial charge in [0, 0.05) is 0 Å². The number of anilines is 1. The highest BCUT2D eigenvalue weighted by atomic mass is 32.1. The SMILES string of the molecule is Nc1ncc2ncsc2n1. The van der Waals surface area contributed by atoms with Crippen molar-refractivity contribution in [2.24, 2.45) is 0 Å². The molecule has 2 rings (SSSR count). The number of aromatic nitrogens is 3. The van der Waals surface area contributed by atoms with Crippen LogP contribution in [0, 0.1) is 0 Å². The quantitative estimate of drug-likeness (QED) is 0.602. The number of rotatable bonds is 0. The number of thiazole rings is 1. The highest BCUT2D eigenvalue weighted by Crippen LogP contribution is 2.13. The summed E-state index contributed by atoms with van der Waals surface area (Å²) in [6, 6.07) is 0. The highest BCUT2D eigenvalue weighted by molar-refractivity contribution is 7.16. The molecule has 2 N–H and O–H groups in total. The van der Waals surface area contributed by atoms with Gasteiger partial charge in [0.1, 0.15) is 10.3 Å². The zero-order valence-electron chi connectivity index (χ0n) is 4.98. The minimum absolute atomic E-state index is 0.303. The van der Waals surface area contributed by atoms with Crippen LogP contribution < -0.4 is 5.73 Å². The third-order valence-electron chi connectivity index (χ3n) is 1.11. The first-order valence-electron chi connectivity index (χ1n) is 2.68. The second kappa shape index (κ2) is 1.88. The molecule has 0 unspecified atom stereocenters. The Bertz CT molecular complexity index is 355. The fourth-order valence-corrected chi connectivity index (χ4v) is 1.32. The van der Waals surface area contributed by atoms with Gasteiger partial charge < -0.3 is 5.73 Å². The van der Waals surface area contributed by atoms with Gasteiger partial charge in [-0.1, -0.05) is 0 Å². The van der Waals surface area contributed by atoms with Crippen LogP contribution in [0.5, 0.6) is 0 Å². The van der Waals surface area contributed by atoms with E-state index in [1.165, 1.54) is 11.3 Å². The molecule has 2 heterocycles. The lowest BCUT2D eigenvalue weighted by Gasteiger charge is -1.87. The van der Waals surface area contributed by atoms with E-state index in [4.69, 9.17) is 5.73 Å². The van der Waals surface area contributed by atoms with Gasteiger partial charge in [-0.2, -0.15) is 0 Å². The molecule has 0 amide bonds. The van der Waals surface area contributed by atoms with E-state index >= 15 is 0 Å². The first-order chi connectivity index (χ1) is 4.86. The van der Waals surface area contributed by atoms with Crippen LogP contribution in [0.1, 0.15) is 0 Å². The van der Waals surface area contributed by atoms with Gasteiger partial charge in [-0.25, -0.2) is 15.0 Å². The molecule has 4 nitrogen and oxygen atoms in total. The summed E-state index contributed by atoms with van der Waals surface area (Å²) in [4.78, 5) is 12.6. The van der Waals surface area contributed by atoms with Gasteiger partial charge in [-0.15, -0.1) is 11.3 Å². The fourth-order valence-electron chi connectivity index (χ4n) is 0.681. The lowest BCUT2D eigenvalue weighted by molar-refractivity contribution is 1.24. The molecule has 0 radical (unpaired) electrons. The van der Waals surface area contributed by atoms with Crippen molar-refractivity contribution in [2.45, 2.75) is 0 Å². The molecule has 0 aromatic carbocycles. The van der Waals surface area contributed by atoms with E-state index in [-0.39, 0.29) is 0 Å². The molecule has 0 atom stereocenters. The van der Waals surface area contributed by atoms with Crippen molar-refractivity contribution in [1.29, 1.82) is 0 Å². The molecule has 2 aromatic rings. The Morgan fingerprint density at radius 2 is 2.30 bits per heavy atom. The second-order valence-electron chi connectivity index (χ2n) is 1.77. The topological polar surface area (TPSA) is 64.7 Å². The van der Waals surface area contributed by atoms with E-state index in [0.717, 1.165) is 10.3 Å².